The Hall–Kier alpha value is -2.63. The van der Waals surface area contributed by atoms with Crippen LogP contribution in [0.1, 0.15) is 57.5 Å². The highest BCUT2D eigenvalue weighted by Gasteiger charge is 2.33. The molecule has 3 heterocycles. The van der Waals surface area contributed by atoms with Gasteiger partial charge in [0.1, 0.15) is 11.6 Å². The first-order valence-corrected chi connectivity index (χ1v) is 9.28. The molecule has 0 aliphatic carbocycles. The number of fused-ring (bicyclic) bond motifs is 2. The van der Waals surface area contributed by atoms with Gasteiger partial charge in [-0.25, -0.2) is 9.67 Å². The highest BCUT2D eigenvalue weighted by atomic mass is 16.1. The van der Waals surface area contributed by atoms with Gasteiger partial charge in [0, 0.05) is 24.6 Å². The molecule has 4 rings (SSSR count). The van der Waals surface area contributed by atoms with E-state index in [0.717, 1.165) is 34.8 Å². The van der Waals surface area contributed by atoms with E-state index in [1.165, 1.54) is 0 Å². The van der Waals surface area contributed by atoms with Gasteiger partial charge in [-0.2, -0.15) is 5.10 Å². The van der Waals surface area contributed by atoms with Crippen molar-refractivity contribution in [2.24, 2.45) is 5.92 Å². The van der Waals surface area contributed by atoms with E-state index in [2.05, 4.69) is 48.7 Å². The third-order valence-electron chi connectivity index (χ3n) is 4.88. The molecule has 0 radical (unpaired) electrons. The molecule has 1 atom stereocenters. The van der Waals surface area contributed by atoms with Gasteiger partial charge in [0.15, 0.2) is 0 Å². The maximum absolute atomic E-state index is 12.5. The van der Waals surface area contributed by atoms with E-state index >= 15 is 0 Å². The first kappa shape index (κ1) is 16.8. The molecule has 0 unspecified atom stereocenters. The number of anilines is 1. The zero-order valence-electron chi connectivity index (χ0n) is 15.7. The lowest BCUT2D eigenvalue weighted by Crippen LogP contribution is -2.27. The summed E-state index contributed by atoms with van der Waals surface area (Å²) in [5.41, 5.74) is 3.14. The molecule has 1 aliphatic rings. The van der Waals surface area contributed by atoms with E-state index in [9.17, 15) is 4.79 Å². The molecule has 1 amide bonds. The summed E-state index contributed by atoms with van der Waals surface area (Å²) in [6.45, 7) is 9.39. The van der Waals surface area contributed by atoms with Crippen LogP contribution in [-0.4, -0.2) is 25.2 Å². The number of benzene rings is 1. The zero-order chi connectivity index (χ0) is 18.4. The van der Waals surface area contributed by atoms with E-state index in [-0.39, 0.29) is 17.9 Å². The standard InChI is InChI=1S/C20H25N5O/c1-12(2)11-24-19-15(10-21-24)14(9-18(26)23-19)20-22-16-7-5-6-8-17(16)25(20)13(3)4/h5-8,10,12-14H,9,11H2,1-4H3,(H,23,26)/t14-/m0/s1. The maximum Gasteiger partial charge on any atom is 0.226 e. The van der Waals surface area contributed by atoms with Crippen molar-refractivity contribution < 1.29 is 4.79 Å². The highest BCUT2D eigenvalue weighted by Crippen LogP contribution is 2.39. The smallest absolute Gasteiger partial charge is 0.226 e. The van der Waals surface area contributed by atoms with Gasteiger partial charge in [-0.1, -0.05) is 26.0 Å². The number of hydrogen-bond donors (Lipinski definition) is 1. The Morgan fingerprint density at radius 2 is 2.00 bits per heavy atom. The number of para-hydroxylation sites is 2. The normalized spacial score (nSPS) is 17.2. The predicted octanol–water partition coefficient (Wildman–Crippen LogP) is 3.94. The first-order valence-electron chi connectivity index (χ1n) is 9.28. The first-order chi connectivity index (χ1) is 12.5. The van der Waals surface area contributed by atoms with Gasteiger partial charge in [0.25, 0.3) is 0 Å². The molecule has 1 aliphatic heterocycles. The van der Waals surface area contributed by atoms with Crippen LogP contribution in [0.15, 0.2) is 30.5 Å². The Bertz CT molecular complexity index is 966. The average Bonchev–Trinajstić information content (AvgIpc) is 3.15. The summed E-state index contributed by atoms with van der Waals surface area (Å²) in [5.74, 6) is 2.17. The number of nitrogens with zero attached hydrogens (tertiary/aromatic N) is 4. The molecule has 0 fully saturated rings. The topological polar surface area (TPSA) is 64.7 Å². The van der Waals surface area contributed by atoms with Crippen LogP contribution in [0.2, 0.25) is 0 Å². The molecule has 1 aromatic carbocycles. The van der Waals surface area contributed by atoms with Crippen molar-refractivity contribution in [1.29, 1.82) is 0 Å². The number of amides is 1. The molecule has 26 heavy (non-hydrogen) atoms. The van der Waals surface area contributed by atoms with Crippen LogP contribution in [0, 0.1) is 5.92 Å². The third-order valence-corrected chi connectivity index (χ3v) is 4.88. The number of carbonyl (C=O) groups excluding carboxylic acids is 1. The number of hydrogen-bond acceptors (Lipinski definition) is 3. The van der Waals surface area contributed by atoms with Crippen molar-refractivity contribution in [3.8, 4) is 0 Å². The summed E-state index contributed by atoms with van der Waals surface area (Å²) >= 11 is 0. The fourth-order valence-corrected chi connectivity index (χ4v) is 3.84. The van der Waals surface area contributed by atoms with Crippen molar-refractivity contribution in [1.82, 2.24) is 19.3 Å². The number of imidazole rings is 1. The quantitative estimate of drug-likeness (QED) is 0.774. The molecule has 0 saturated carbocycles. The minimum atomic E-state index is -0.0746. The molecule has 0 saturated heterocycles. The van der Waals surface area contributed by atoms with Crippen molar-refractivity contribution in [2.75, 3.05) is 5.32 Å². The largest absolute Gasteiger partial charge is 0.325 e. The lowest BCUT2D eigenvalue weighted by atomic mass is 9.93. The lowest BCUT2D eigenvalue weighted by Gasteiger charge is -2.25. The summed E-state index contributed by atoms with van der Waals surface area (Å²) < 4.78 is 4.16. The minimum absolute atomic E-state index is 0.0235. The van der Waals surface area contributed by atoms with E-state index in [0.29, 0.717) is 12.3 Å². The fourth-order valence-electron chi connectivity index (χ4n) is 3.84. The molecule has 2 aromatic heterocycles. The van der Waals surface area contributed by atoms with Crippen molar-refractivity contribution in [3.05, 3.63) is 41.9 Å². The van der Waals surface area contributed by atoms with Gasteiger partial charge >= 0.3 is 0 Å². The zero-order valence-corrected chi connectivity index (χ0v) is 15.7. The fraction of sp³-hybridized carbons (Fsp3) is 0.450. The molecule has 3 aromatic rings. The van der Waals surface area contributed by atoms with Crippen LogP contribution in [0.25, 0.3) is 11.0 Å². The van der Waals surface area contributed by atoms with E-state index < -0.39 is 0 Å². The molecular weight excluding hydrogens is 326 g/mol. The molecule has 136 valence electrons. The summed E-state index contributed by atoms with van der Waals surface area (Å²) in [5, 5.41) is 7.56. The van der Waals surface area contributed by atoms with E-state index in [4.69, 9.17) is 4.98 Å². The Kier molecular flexibility index (Phi) is 4.05. The SMILES string of the molecule is CC(C)Cn1ncc2c1NC(=O)C[C@@H]2c1nc2ccccc2n1C(C)C. The van der Waals surface area contributed by atoms with Crippen LogP contribution in [0.4, 0.5) is 5.82 Å². The molecular formula is C20H25N5O. The molecule has 6 nitrogen and oxygen atoms in total. The van der Waals surface area contributed by atoms with Crippen molar-refractivity contribution in [3.63, 3.8) is 0 Å². The molecule has 1 N–H and O–H groups in total. The van der Waals surface area contributed by atoms with Crippen molar-refractivity contribution >= 4 is 22.8 Å². The Morgan fingerprint density at radius 3 is 2.73 bits per heavy atom. The van der Waals surface area contributed by atoms with Gasteiger partial charge < -0.3 is 9.88 Å². The molecule has 6 heteroatoms. The van der Waals surface area contributed by atoms with Gasteiger partial charge in [-0.05, 0) is 31.9 Å². The second-order valence-corrected chi connectivity index (χ2v) is 7.75. The van der Waals surface area contributed by atoms with Crippen LogP contribution >= 0.6 is 0 Å². The highest BCUT2D eigenvalue weighted by molar-refractivity contribution is 5.94. The Balaban J connectivity index is 1.87. The van der Waals surface area contributed by atoms with Crippen molar-refractivity contribution in [2.45, 2.75) is 52.6 Å². The predicted molar refractivity (Wildman–Crippen MR) is 102 cm³/mol. The number of carbonyl (C=O) groups is 1. The van der Waals surface area contributed by atoms with Gasteiger partial charge in [-0.15, -0.1) is 0 Å². The maximum atomic E-state index is 12.5. The van der Waals surface area contributed by atoms with E-state index in [1.54, 1.807) is 0 Å². The summed E-state index contributed by atoms with van der Waals surface area (Å²) in [7, 11) is 0. The summed E-state index contributed by atoms with van der Waals surface area (Å²) in [4.78, 5) is 17.4. The number of nitrogens with one attached hydrogen (secondary N) is 1. The second-order valence-electron chi connectivity index (χ2n) is 7.75. The van der Waals surface area contributed by atoms with Gasteiger partial charge in [-0.3, -0.25) is 4.79 Å². The molecule has 0 spiro atoms. The van der Waals surface area contributed by atoms with Crippen LogP contribution in [0.5, 0.6) is 0 Å². The third kappa shape index (κ3) is 2.69. The number of aromatic nitrogens is 4. The Morgan fingerprint density at radius 1 is 1.23 bits per heavy atom. The minimum Gasteiger partial charge on any atom is -0.325 e. The monoisotopic (exact) mass is 351 g/mol. The van der Waals surface area contributed by atoms with Gasteiger partial charge in [0.2, 0.25) is 5.91 Å². The second kappa shape index (κ2) is 6.27. The average molecular weight is 351 g/mol. The molecule has 0 bridgehead atoms. The summed E-state index contributed by atoms with van der Waals surface area (Å²) in [6.07, 6.45) is 2.29. The van der Waals surface area contributed by atoms with Crippen LogP contribution in [-0.2, 0) is 11.3 Å². The van der Waals surface area contributed by atoms with Crippen LogP contribution < -0.4 is 5.32 Å². The van der Waals surface area contributed by atoms with Gasteiger partial charge in [0.05, 0.1) is 23.1 Å². The summed E-state index contributed by atoms with van der Waals surface area (Å²) in [6, 6.07) is 8.42. The number of rotatable bonds is 4. The van der Waals surface area contributed by atoms with E-state index in [1.807, 2.05) is 29.1 Å². The lowest BCUT2D eigenvalue weighted by molar-refractivity contribution is -0.116. The van der Waals surface area contributed by atoms with Crippen LogP contribution in [0.3, 0.4) is 0 Å². The Labute approximate surface area is 153 Å².